The molecule has 1 aromatic heterocycles. The van der Waals surface area contributed by atoms with Crippen LogP contribution in [0.5, 0.6) is 0 Å². The largest absolute Gasteiger partial charge is 0.337 e. The fourth-order valence-corrected chi connectivity index (χ4v) is 4.58. The van der Waals surface area contributed by atoms with Crippen molar-refractivity contribution in [1.82, 2.24) is 24.8 Å². The molecule has 2 saturated heterocycles. The maximum absolute atomic E-state index is 12.9. The maximum atomic E-state index is 12.9. The Balaban J connectivity index is 1.35. The van der Waals surface area contributed by atoms with Gasteiger partial charge in [0.15, 0.2) is 5.69 Å². The van der Waals surface area contributed by atoms with Crippen LogP contribution in [0.2, 0.25) is 5.02 Å². The van der Waals surface area contributed by atoms with Gasteiger partial charge in [-0.2, -0.15) is 0 Å². The fraction of sp³-hybridized carbons (Fsp3) is 0.571. The first-order chi connectivity index (χ1) is 13.7. The Morgan fingerprint density at radius 1 is 1.14 bits per heavy atom. The zero-order valence-corrected chi connectivity index (χ0v) is 17.0. The second-order valence-corrected chi connectivity index (χ2v) is 8.49. The summed E-state index contributed by atoms with van der Waals surface area (Å²) in [5.74, 6) is 0.568. The van der Waals surface area contributed by atoms with E-state index < -0.39 is 0 Å². The quantitative estimate of drug-likeness (QED) is 0.771. The zero-order chi connectivity index (χ0) is 19.3. The van der Waals surface area contributed by atoms with Gasteiger partial charge in [-0.3, -0.25) is 4.79 Å². The summed E-state index contributed by atoms with van der Waals surface area (Å²) in [4.78, 5) is 17.5. The third-order valence-electron chi connectivity index (χ3n) is 5.76. The molecule has 0 aliphatic carbocycles. The van der Waals surface area contributed by atoms with Crippen LogP contribution in [0, 0.1) is 5.92 Å². The van der Waals surface area contributed by atoms with Crippen molar-refractivity contribution in [3.05, 3.63) is 46.7 Å². The van der Waals surface area contributed by atoms with E-state index in [2.05, 4.69) is 15.2 Å². The zero-order valence-electron chi connectivity index (χ0n) is 16.3. The standard InChI is InChI=1S/C21H28ClN5O/c22-19-8-4-6-17(12-19)15-27-16-20(23-24-27)21(28)26-11-5-7-18(14-26)13-25-9-2-1-3-10-25/h4,6,8,12,16,18H,1-3,5,7,9-11,13-15H2/t18-/m0/s1. The van der Waals surface area contributed by atoms with E-state index in [4.69, 9.17) is 11.6 Å². The number of halogens is 1. The van der Waals surface area contributed by atoms with Gasteiger partial charge >= 0.3 is 0 Å². The molecule has 2 fully saturated rings. The van der Waals surface area contributed by atoms with Crippen molar-refractivity contribution < 1.29 is 4.79 Å². The maximum Gasteiger partial charge on any atom is 0.276 e. The molecule has 0 unspecified atom stereocenters. The minimum absolute atomic E-state index is 0.000637. The average molecular weight is 402 g/mol. The van der Waals surface area contributed by atoms with E-state index in [9.17, 15) is 4.79 Å². The SMILES string of the molecule is O=C(c1cn(Cc2cccc(Cl)c2)nn1)N1CCC[C@@H](CN2CCCCC2)C1. The molecule has 0 spiro atoms. The van der Waals surface area contributed by atoms with Crippen molar-refractivity contribution in [3.8, 4) is 0 Å². The Morgan fingerprint density at radius 2 is 2.00 bits per heavy atom. The van der Waals surface area contributed by atoms with Crippen LogP contribution in [0.3, 0.4) is 0 Å². The topological polar surface area (TPSA) is 54.3 Å². The van der Waals surface area contributed by atoms with Crippen LogP contribution in [0.15, 0.2) is 30.5 Å². The molecule has 0 bridgehead atoms. The predicted octanol–water partition coefficient (Wildman–Crippen LogP) is 3.32. The molecule has 3 heterocycles. The molecule has 1 atom stereocenters. The molecule has 28 heavy (non-hydrogen) atoms. The van der Waals surface area contributed by atoms with Crippen molar-refractivity contribution in [2.24, 2.45) is 5.92 Å². The van der Waals surface area contributed by atoms with Gasteiger partial charge in [0, 0.05) is 24.7 Å². The van der Waals surface area contributed by atoms with Crippen LogP contribution in [0.4, 0.5) is 0 Å². The van der Waals surface area contributed by atoms with Crippen LogP contribution in [0.1, 0.15) is 48.2 Å². The van der Waals surface area contributed by atoms with Crippen molar-refractivity contribution in [2.75, 3.05) is 32.7 Å². The summed E-state index contributed by atoms with van der Waals surface area (Å²) in [6, 6.07) is 7.65. The number of amides is 1. The number of carbonyl (C=O) groups excluding carboxylic acids is 1. The molecule has 2 aromatic rings. The predicted molar refractivity (Wildman–Crippen MR) is 109 cm³/mol. The molecule has 1 amide bonds. The van der Waals surface area contributed by atoms with Gasteiger partial charge in [-0.15, -0.1) is 5.10 Å². The van der Waals surface area contributed by atoms with Crippen molar-refractivity contribution >= 4 is 17.5 Å². The molecule has 7 heteroatoms. The Bertz CT molecular complexity index is 802. The van der Waals surface area contributed by atoms with Gasteiger partial charge in [-0.05, 0) is 62.4 Å². The van der Waals surface area contributed by atoms with Crippen LogP contribution in [-0.4, -0.2) is 63.4 Å². The highest BCUT2D eigenvalue weighted by atomic mass is 35.5. The summed E-state index contributed by atoms with van der Waals surface area (Å²) in [5.41, 5.74) is 1.47. The van der Waals surface area contributed by atoms with Gasteiger partial charge < -0.3 is 9.80 Å². The minimum Gasteiger partial charge on any atom is -0.337 e. The normalized spacial score (nSPS) is 21.0. The van der Waals surface area contributed by atoms with E-state index in [0.29, 0.717) is 23.2 Å². The van der Waals surface area contributed by atoms with E-state index in [0.717, 1.165) is 31.6 Å². The third kappa shape index (κ3) is 4.92. The molecule has 6 nitrogen and oxygen atoms in total. The number of rotatable bonds is 5. The van der Waals surface area contributed by atoms with E-state index >= 15 is 0 Å². The lowest BCUT2D eigenvalue weighted by atomic mass is 9.96. The lowest BCUT2D eigenvalue weighted by molar-refractivity contribution is 0.0625. The van der Waals surface area contributed by atoms with E-state index in [-0.39, 0.29) is 5.91 Å². The van der Waals surface area contributed by atoms with Gasteiger partial charge in [0.05, 0.1) is 12.7 Å². The summed E-state index contributed by atoms with van der Waals surface area (Å²) in [6.45, 7) is 5.74. The number of aromatic nitrogens is 3. The van der Waals surface area contributed by atoms with Gasteiger partial charge in [-0.25, -0.2) is 4.68 Å². The Hall–Kier alpha value is -1.92. The summed E-state index contributed by atoms with van der Waals surface area (Å²) in [5, 5.41) is 8.96. The summed E-state index contributed by atoms with van der Waals surface area (Å²) >= 11 is 6.04. The lowest BCUT2D eigenvalue weighted by Crippen LogP contribution is -2.44. The molecule has 0 N–H and O–H groups in total. The highest BCUT2D eigenvalue weighted by Crippen LogP contribution is 2.21. The van der Waals surface area contributed by atoms with Crippen LogP contribution in [0.25, 0.3) is 0 Å². The summed E-state index contributed by atoms with van der Waals surface area (Å²) < 4.78 is 1.70. The van der Waals surface area contributed by atoms with Gasteiger partial charge in [0.1, 0.15) is 0 Å². The highest BCUT2D eigenvalue weighted by Gasteiger charge is 2.27. The number of piperidine rings is 2. The van der Waals surface area contributed by atoms with E-state index in [1.165, 1.54) is 38.8 Å². The molecule has 150 valence electrons. The monoisotopic (exact) mass is 401 g/mol. The van der Waals surface area contributed by atoms with Gasteiger partial charge in [0.25, 0.3) is 5.91 Å². The second kappa shape index (κ2) is 9.05. The van der Waals surface area contributed by atoms with Crippen molar-refractivity contribution in [2.45, 2.75) is 38.6 Å². The average Bonchev–Trinajstić information content (AvgIpc) is 3.17. The number of benzene rings is 1. The summed E-state index contributed by atoms with van der Waals surface area (Å²) in [6.07, 6.45) is 8.01. The highest BCUT2D eigenvalue weighted by molar-refractivity contribution is 6.30. The first-order valence-electron chi connectivity index (χ1n) is 10.3. The molecule has 1 aromatic carbocycles. The Labute approximate surface area is 171 Å². The fourth-order valence-electron chi connectivity index (χ4n) is 4.36. The minimum atomic E-state index is 0.000637. The van der Waals surface area contributed by atoms with Crippen LogP contribution in [-0.2, 0) is 6.54 Å². The first-order valence-corrected chi connectivity index (χ1v) is 10.7. The number of carbonyl (C=O) groups is 1. The molecule has 0 radical (unpaired) electrons. The molecule has 0 saturated carbocycles. The van der Waals surface area contributed by atoms with E-state index in [1.807, 2.05) is 29.2 Å². The molecule has 4 rings (SSSR count). The van der Waals surface area contributed by atoms with E-state index in [1.54, 1.807) is 10.9 Å². The Morgan fingerprint density at radius 3 is 2.82 bits per heavy atom. The third-order valence-corrected chi connectivity index (χ3v) is 6.00. The molecule has 2 aliphatic heterocycles. The van der Waals surface area contributed by atoms with Crippen LogP contribution >= 0.6 is 11.6 Å². The summed E-state index contributed by atoms with van der Waals surface area (Å²) in [7, 11) is 0. The number of hydrogen-bond acceptors (Lipinski definition) is 4. The molecule has 2 aliphatic rings. The lowest BCUT2D eigenvalue weighted by Gasteiger charge is -2.36. The van der Waals surface area contributed by atoms with Gasteiger partial charge in [-0.1, -0.05) is 35.4 Å². The Kier molecular flexibility index (Phi) is 6.27. The second-order valence-electron chi connectivity index (χ2n) is 8.05. The number of hydrogen-bond donors (Lipinski definition) is 0. The van der Waals surface area contributed by atoms with Crippen molar-refractivity contribution in [3.63, 3.8) is 0 Å². The number of nitrogens with zero attached hydrogens (tertiary/aromatic N) is 5. The molecular weight excluding hydrogens is 374 g/mol. The number of likely N-dealkylation sites (tertiary alicyclic amines) is 2. The smallest absolute Gasteiger partial charge is 0.276 e. The first kappa shape index (κ1) is 19.4. The van der Waals surface area contributed by atoms with Crippen molar-refractivity contribution in [1.29, 1.82) is 0 Å². The molecular formula is C21H28ClN5O. The van der Waals surface area contributed by atoms with Gasteiger partial charge in [0.2, 0.25) is 0 Å². The van der Waals surface area contributed by atoms with Crippen LogP contribution < -0.4 is 0 Å².